The van der Waals surface area contributed by atoms with E-state index in [1.807, 2.05) is 24.3 Å². The van der Waals surface area contributed by atoms with Gasteiger partial charge in [0, 0.05) is 6.54 Å². The Bertz CT molecular complexity index is 442. The maximum absolute atomic E-state index is 12.1. The van der Waals surface area contributed by atoms with Gasteiger partial charge in [-0.15, -0.1) is 0 Å². The normalized spacial score (nSPS) is 18.2. The molecule has 4 heteroatoms. The van der Waals surface area contributed by atoms with Gasteiger partial charge in [0.25, 0.3) is 0 Å². The van der Waals surface area contributed by atoms with Gasteiger partial charge in [-0.3, -0.25) is 4.79 Å². The van der Waals surface area contributed by atoms with Crippen molar-refractivity contribution in [3.8, 4) is 5.75 Å². The van der Waals surface area contributed by atoms with Gasteiger partial charge in [0.2, 0.25) is 5.91 Å². The highest BCUT2D eigenvalue weighted by molar-refractivity contribution is 5.81. The van der Waals surface area contributed by atoms with Crippen molar-refractivity contribution in [3.05, 3.63) is 29.8 Å². The maximum Gasteiger partial charge on any atom is 0.237 e. The van der Waals surface area contributed by atoms with Crippen LogP contribution in [0.2, 0.25) is 0 Å². The van der Waals surface area contributed by atoms with Gasteiger partial charge in [0.15, 0.2) is 0 Å². The van der Waals surface area contributed by atoms with Crippen molar-refractivity contribution < 1.29 is 9.53 Å². The summed E-state index contributed by atoms with van der Waals surface area (Å²) < 4.78 is 5.69. The second-order valence-electron chi connectivity index (χ2n) is 5.57. The Morgan fingerprint density at radius 1 is 1.43 bits per heavy atom. The third-order valence-corrected chi connectivity index (χ3v) is 3.76. The zero-order chi connectivity index (χ0) is 14.9. The molecule has 1 saturated heterocycles. The third-order valence-electron chi connectivity index (χ3n) is 3.76. The van der Waals surface area contributed by atoms with E-state index in [0.29, 0.717) is 6.54 Å². The summed E-state index contributed by atoms with van der Waals surface area (Å²) in [5.41, 5.74) is 1.08. The molecule has 21 heavy (non-hydrogen) atoms. The van der Waals surface area contributed by atoms with Crippen molar-refractivity contribution in [2.75, 3.05) is 13.2 Å². The lowest BCUT2D eigenvalue weighted by atomic mass is 10.0. The van der Waals surface area contributed by atoms with Crippen LogP contribution in [-0.4, -0.2) is 25.1 Å². The summed E-state index contributed by atoms with van der Waals surface area (Å²) in [6, 6.07) is 7.93. The standard InChI is InChI=1S/C17H26N2O2/c1-2-3-11-21-15-8-6-7-14(12-15)13-19-17(20)16-9-4-5-10-18-16/h6-8,12,16,18H,2-5,9-11,13H2,1H3,(H,19,20). The highest BCUT2D eigenvalue weighted by Gasteiger charge is 2.19. The molecule has 1 aromatic carbocycles. The summed E-state index contributed by atoms with van der Waals surface area (Å²) >= 11 is 0. The average molecular weight is 290 g/mol. The summed E-state index contributed by atoms with van der Waals surface area (Å²) in [6.07, 6.45) is 5.43. The number of carbonyl (C=O) groups excluding carboxylic acids is 1. The second kappa shape index (κ2) is 8.67. The van der Waals surface area contributed by atoms with Crippen LogP contribution < -0.4 is 15.4 Å². The smallest absolute Gasteiger partial charge is 0.237 e. The van der Waals surface area contributed by atoms with Crippen LogP contribution in [0, 0.1) is 0 Å². The zero-order valence-electron chi connectivity index (χ0n) is 12.9. The van der Waals surface area contributed by atoms with Crippen LogP contribution in [0.15, 0.2) is 24.3 Å². The van der Waals surface area contributed by atoms with E-state index in [0.717, 1.165) is 50.1 Å². The van der Waals surface area contributed by atoms with Gasteiger partial charge in [0.05, 0.1) is 12.6 Å². The Morgan fingerprint density at radius 2 is 2.33 bits per heavy atom. The van der Waals surface area contributed by atoms with E-state index in [2.05, 4.69) is 17.6 Å². The Morgan fingerprint density at radius 3 is 3.10 bits per heavy atom. The predicted molar refractivity (Wildman–Crippen MR) is 84.3 cm³/mol. The number of unbranched alkanes of at least 4 members (excludes halogenated alkanes) is 1. The van der Waals surface area contributed by atoms with Crippen LogP contribution in [0.25, 0.3) is 0 Å². The third kappa shape index (κ3) is 5.38. The van der Waals surface area contributed by atoms with Crippen LogP contribution in [0.5, 0.6) is 5.75 Å². The number of amides is 1. The number of hydrogen-bond acceptors (Lipinski definition) is 3. The van der Waals surface area contributed by atoms with E-state index in [4.69, 9.17) is 4.74 Å². The van der Waals surface area contributed by atoms with Crippen molar-refractivity contribution in [2.45, 2.75) is 51.6 Å². The topological polar surface area (TPSA) is 50.4 Å². The summed E-state index contributed by atoms with van der Waals surface area (Å²) in [5, 5.41) is 6.27. The molecule has 1 amide bonds. The minimum absolute atomic E-state index is 0.0252. The maximum atomic E-state index is 12.1. The molecule has 1 aliphatic heterocycles. The van der Waals surface area contributed by atoms with E-state index in [-0.39, 0.29) is 11.9 Å². The molecule has 0 aromatic heterocycles. The lowest BCUT2D eigenvalue weighted by Gasteiger charge is -2.22. The van der Waals surface area contributed by atoms with Crippen LogP contribution >= 0.6 is 0 Å². The molecule has 1 fully saturated rings. The van der Waals surface area contributed by atoms with E-state index in [9.17, 15) is 4.79 Å². The van der Waals surface area contributed by atoms with Crippen LogP contribution in [-0.2, 0) is 11.3 Å². The first-order chi connectivity index (χ1) is 10.3. The molecule has 1 aromatic rings. The van der Waals surface area contributed by atoms with E-state index >= 15 is 0 Å². The largest absolute Gasteiger partial charge is 0.494 e. The molecular weight excluding hydrogens is 264 g/mol. The average Bonchev–Trinajstić information content (AvgIpc) is 2.54. The van der Waals surface area contributed by atoms with Crippen LogP contribution in [0.4, 0.5) is 0 Å². The van der Waals surface area contributed by atoms with Gasteiger partial charge in [0.1, 0.15) is 5.75 Å². The fourth-order valence-corrected chi connectivity index (χ4v) is 2.47. The lowest BCUT2D eigenvalue weighted by molar-refractivity contribution is -0.123. The molecule has 1 unspecified atom stereocenters. The van der Waals surface area contributed by atoms with Crippen molar-refractivity contribution >= 4 is 5.91 Å². The first-order valence-corrected chi connectivity index (χ1v) is 8.02. The lowest BCUT2D eigenvalue weighted by Crippen LogP contribution is -2.46. The molecule has 0 bridgehead atoms. The number of benzene rings is 1. The SMILES string of the molecule is CCCCOc1cccc(CNC(=O)C2CCCCN2)c1. The number of nitrogens with one attached hydrogen (secondary N) is 2. The van der Waals surface area contributed by atoms with Gasteiger partial charge in [-0.2, -0.15) is 0 Å². The number of rotatable bonds is 7. The first-order valence-electron chi connectivity index (χ1n) is 8.02. The molecule has 1 atom stereocenters. The Labute approximate surface area is 127 Å². The number of piperidine rings is 1. The number of ether oxygens (including phenoxy) is 1. The predicted octanol–water partition coefficient (Wildman–Crippen LogP) is 2.62. The molecule has 2 N–H and O–H groups in total. The summed E-state index contributed by atoms with van der Waals surface area (Å²) in [4.78, 5) is 12.1. The minimum Gasteiger partial charge on any atom is -0.494 e. The van der Waals surface area contributed by atoms with Crippen LogP contribution in [0.3, 0.4) is 0 Å². The highest BCUT2D eigenvalue weighted by Crippen LogP contribution is 2.14. The van der Waals surface area contributed by atoms with Crippen molar-refractivity contribution in [2.24, 2.45) is 0 Å². The molecule has 0 radical (unpaired) electrons. The zero-order valence-corrected chi connectivity index (χ0v) is 12.9. The van der Waals surface area contributed by atoms with Crippen molar-refractivity contribution in [3.63, 3.8) is 0 Å². The van der Waals surface area contributed by atoms with Gasteiger partial charge in [-0.1, -0.05) is 31.9 Å². The van der Waals surface area contributed by atoms with Crippen LogP contribution in [0.1, 0.15) is 44.6 Å². The van der Waals surface area contributed by atoms with E-state index in [1.165, 1.54) is 6.42 Å². The summed E-state index contributed by atoms with van der Waals surface area (Å²) in [7, 11) is 0. The van der Waals surface area contributed by atoms with Gasteiger partial charge >= 0.3 is 0 Å². The van der Waals surface area contributed by atoms with E-state index < -0.39 is 0 Å². The molecule has 4 nitrogen and oxygen atoms in total. The number of carbonyl (C=O) groups is 1. The molecule has 0 saturated carbocycles. The minimum atomic E-state index is -0.0252. The molecule has 0 spiro atoms. The number of hydrogen-bond donors (Lipinski definition) is 2. The molecule has 0 aliphatic carbocycles. The first kappa shape index (κ1) is 15.8. The van der Waals surface area contributed by atoms with Gasteiger partial charge in [-0.05, 0) is 43.5 Å². The van der Waals surface area contributed by atoms with Gasteiger partial charge in [-0.25, -0.2) is 0 Å². The monoisotopic (exact) mass is 290 g/mol. The Balaban J connectivity index is 1.79. The summed E-state index contributed by atoms with van der Waals surface area (Å²) in [5.74, 6) is 0.984. The fraction of sp³-hybridized carbons (Fsp3) is 0.588. The molecule has 1 heterocycles. The Hall–Kier alpha value is -1.55. The second-order valence-corrected chi connectivity index (χ2v) is 5.57. The van der Waals surface area contributed by atoms with Crippen molar-refractivity contribution in [1.82, 2.24) is 10.6 Å². The quantitative estimate of drug-likeness (QED) is 0.759. The molecular formula is C17H26N2O2. The molecule has 116 valence electrons. The van der Waals surface area contributed by atoms with E-state index in [1.54, 1.807) is 0 Å². The molecule has 2 rings (SSSR count). The molecule has 1 aliphatic rings. The summed E-state index contributed by atoms with van der Waals surface area (Å²) in [6.45, 7) is 4.40. The fourth-order valence-electron chi connectivity index (χ4n) is 2.47. The van der Waals surface area contributed by atoms with Gasteiger partial charge < -0.3 is 15.4 Å². The Kier molecular flexibility index (Phi) is 6.54. The highest BCUT2D eigenvalue weighted by atomic mass is 16.5. The van der Waals surface area contributed by atoms with Crippen molar-refractivity contribution in [1.29, 1.82) is 0 Å².